The van der Waals surface area contributed by atoms with E-state index >= 15 is 0 Å². The number of carboxylic acid groups (broad SMARTS) is 1. The lowest BCUT2D eigenvalue weighted by Gasteiger charge is -2.28. The Hall–Kier alpha value is -1.71. The zero-order chi connectivity index (χ0) is 35.1. The molecule has 0 amide bonds. The van der Waals surface area contributed by atoms with E-state index in [1.165, 1.54) is 38.5 Å². The van der Waals surface area contributed by atoms with Crippen LogP contribution in [0.2, 0.25) is 0 Å². The van der Waals surface area contributed by atoms with E-state index in [9.17, 15) is 29.8 Å². The lowest BCUT2D eigenvalue weighted by molar-refractivity contribution is -0.524. The van der Waals surface area contributed by atoms with E-state index in [1.807, 2.05) is 0 Å². The fourth-order valence-electron chi connectivity index (χ4n) is 6.45. The summed E-state index contributed by atoms with van der Waals surface area (Å²) in [6, 6.07) is -1.43. The predicted octanol–water partition coefficient (Wildman–Crippen LogP) is 11.4. The highest BCUT2D eigenvalue weighted by Crippen LogP contribution is 2.36. The van der Waals surface area contributed by atoms with Gasteiger partial charge < -0.3 is 9.90 Å². The average molecular weight is 687 g/mol. The number of carbonyl (C=O) groups excluding carboxylic acids is 1. The summed E-state index contributed by atoms with van der Waals surface area (Å²) >= 11 is 1.56. The Balaban J connectivity index is 5.65. The molecule has 0 aromatic carbocycles. The molecule has 0 aliphatic heterocycles. The Morgan fingerprint density at radius 2 is 0.851 bits per heavy atom. The monoisotopic (exact) mass is 686 g/mol. The zero-order valence-electron chi connectivity index (χ0n) is 30.3. The normalized spacial score (nSPS) is 14.0. The van der Waals surface area contributed by atoms with Crippen LogP contribution in [-0.4, -0.2) is 49.3 Å². The molecule has 9 nitrogen and oxygen atoms in total. The van der Waals surface area contributed by atoms with Crippen LogP contribution in [0.3, 0.4) is 0 Å². The average Bonchev–Trinajstić information content (AvgIpc) is 3.01. The second-order valence-corrected chi connectivity index (χ2v) is 15.2. The summed E-state index contributed by atoms with van der Waals surface area (Å²) in [4.78, 5) is 46.8. The zero-order valence-corrected chi connectivity index (χ0v) is 31.1. The number of hydrogen-bond acceptors (Lipinski definition) is 7. The maximum atomic E-state index is 12.5. The summed E-state index contributed by atoms with van der Waals surface area (Å²) in [5.74, 6) is -0.589. The molecular formula is C37H70N2O7S. The van der Waals surface area contributed by atoms with Gasteiger partial charge in [0.1, 0.15) is 5.78 Å². The Kier molecular flexibility index (Phi) is 30.4. The fourth-order valence-corrected chi connectivity index (χ4v) is 8.34. The van der Waals surface area contributed by atoms with E-state index in [2.05, 4.69) is 13.8 Å². The maximum Gasteiger partial charge on any atom is 0.303 e. The highest BCUT2D eigenvalue weighted by molar-refractivity contribution is 8.00. The summed E-state index contributed by atoms with van der Waals surface area (Å²) in [7, 11) is 0. The van der Waals surface area contributed by atoms with Gasteiger partial charge in [-0.25, -0.2) is 0 Å². The van der Waals surface area contributed by atoms with Gasteiger partial charge in [-0.05, 0) is 45.4 Å². The van der Waals surface area contributed by atoms with Crippen LogP contribution in [-0.2, 0) is 9.59 Å². The van der Waals surface area contributed by atoms with Crippen molar-refractivity contribution in [3.63, 3.8) is 0 Å². The number of nitro groups is 2. The fraction of sp³-hybridized carbons (Fsp3) is 0.946. The second-order valence-electron chi connectivity index (χ2n) is 13.7. The van der Waals surface area contributed by atoms with Crippen LogP contribution in [0.15, 0.2) is 0 Å². The van der Waals surface area contributed by atoms with Crippen LogP contribution in [0, 0.1) is 20.2 Å². The van der Waals surface area contributed by atoms with Gasteiger partial charge in [-0.3, -0.25) is 25.0 Å². The third-order valence-electron chi connectivity index (χ3n) is 9.35. The molecule has 0 aromatic heterocycles. The van der Waals surface area contributed by atoms with E-state index < -0.39 is 18.1 Å². The van der Waals surface area contributed by atoms with E-state index in [0.717, 1.165) is 103 Å². The van der Waals surface area contributed by atoms with Gasteiger partial charge in [0.25, 0.3) is 0 Å². The van der Waals surface area contributed by atoms with Crippen molar-refractivity contribution < 1.29 is 24.5 Å². The summed E-state index contributed by atoms with van der Waals surface area (Å²) in [5.41, 5.74) is 0. The van der Waals surface area contributed by atoms with Gasteiger partial charge in [-0.1, -0.05) is 129 Å². The highest BCUT2D eigenvalue weighted by Gasteiger charge is 2.39. The number of unbranched alkanes of at least 4 members (excludes halogenated alkanes) is 18. The molecule has 0 spiro atoms. The second kappa shape index (κ2) is 31.6. The molecule has 0 fully saturated rings. The van der Waals surface area contributed by atoms with Gasteiger partial charge >= 0.3 is 5.97 Å². The van der Waals surface area contributed by atoms with Crippen molar-refractivity contribution >= 4 is 23.5 Å². The van der Waals surface area contributed by atoms with Gasteiger partial charge in [-0.15, -0.1) is 11.8 Å². The van der Waals surface area contributed by atoms with E-state index in [0.29, 0.717) is 32.1 Å². The summed E-state index contributed by atoms with van der Waals surface area (Å²) < 4.78 is 0. The lowest BCUT2D eigenvalue weighted by Crippen LogP contribution is -2.38. The molecular weight excluding hydrogens is 616 g/mol. The van der Waals surface area contributed by atoms with Gasteiger partial charge in [0.15, 0.2) is 0 Å². The molecule has 10 heteroatoms. The first-order valence-electron chi connectivity index (χ1n) is 19.3. The van der Waals surface area contributed by atoms with E-state index in [1.54, 1.807) is 18.7 Å². The van der Waals surface area contributed by atoms with Crippen molar-refractivity contribution in [3.05, 3.63) is 20.2 Å². The van der Waals surface area contributed by atoms with Gasteiger partial charge in [0.05, 0.1) is 10.5 Å². The highest BCUT2D eigenvalue weighted by atomic mass is 32.2. The first-order chi connectivity index (χ1) is 22.6. The number of thioether (sulfide) groups is 1. The molecule has 0 bridgehead atoms. The number of nitrogens with zero attached hydrogens (tertiary/aromatic N) is 2. The number of aliphatic carboxylic acids is 1. The molecule has 0 saturated carbocycles. The number of ketones is 1. The number of Topliss-reactive ketones (excluding diaryl/α,β-unsaturated/α-hetero) is 1. The Bertz CT molecular complexity index is 750. The largest absolute Gasteiger partial charge is 0.481 e. The Labute approximate surface area is 290 Å². The quantitative estimate of drug-likeness (QED) is 0.0390. The third kappa shape index (κ3) is 26.9. The van der Waals surface area contributed by atoms with Crippen LogP contribution in [0.5, 0.6) is 0 Å². The van der Waals surface area contributed by atoms with Crippen molar-refractivity contribution in [2.75, 3.05) is 0 Å². The molecule has 276 valence electrons. The van der Waals surface area contributed by atoms with E-state index in [-0.39, 0.29) is 32.6 Å². The Morgan fingerprint density at radius 1 is 0.532 bits per heavy atom. The standard InChI is InChI=1S/C37H70N2O7S/c1-4-6-8-10-17-23-29-35(33(38(43)44)27-21-15-12-14-20-26-32(3)40)47-36(30-24-18-11-9-7-5-2)34(39(45)46)28-22-16-13-19-25-31-37(41)42/h33-36H,4-31H2,1-3H3,(H,41,42). The number of carbonyl (C=O) groups is 2. The molecule has 47 heavy (non-hydrogen) atoms. The molecule has 1 N–H and O–H groups in total. The van der Waals surface area contributed by atoms with Crippen LogP contribution in [0.25, 0.3) is 0 Å². The van der Waals surface area contributed by atoms with Crippen LogP contribution >= 0.6 is 11.8 Å². The minimum atomic E-state index is -0.791. The van der Waals surface area contributed by atoms with Crippen molar-refractivity contribution in [1.29, 1.82) is 0 Å². The molecule has 4 unspecified atom stereocenters. The first-order valence-corrected chi connectivity index (χ1v) is 20.2. The van der Waals surface area contributed by atoms with Gasteiger partial charge in [0.2, 0.25) is 12.1 Å². The summed E-state index contributed by atoms with van der Waals surface area (Å²) in [5, 5.41) is 33.4. The van der Waals surface area contributed by atoms with Crippen molar-refractivity contribution in [2.45, 2.75) is 223 Å². The van der Waals surface area contributed by atoms with Crippen LogP contribution in [0.4, 0.5) is 0 Å². The topological polar surface area (TPSA) is 141 Å². The predicted molar refractivity (Wildman–Crippen MR) is 196 cm³/mol. The third-order valence-corrected chi connectivity index (χ3v) is 11.2. The SMILES string of the molecule is CCCCCCCCC(SC(CCCCCCCC)C(CCCCCCCC(=O)O)[N+](=O)[O-])C(CCCCCCCC(C)=O)[N+](=O)[O-]. The minimum Gasteiger partial charge on any atom is -0.481 e. The minimum absolute atomic E-state index is 0.107. The van der Waals surface area contributed by atoms with Gasteiger partial charge in [0, 0.05) is 35.5 Å². The summed E-state index contributed by atoms with van der Waals surface area (Å²) in [6.45, 7) is 5.98. The molecule has 0 radical (unpaired) electrons. The number of rotatable bonds is 36. The van der Waals surface area contributed by atoms with Crippen molar-refractivity contribution in [3.8, 4) is 0 Å². The smallest absolute Gasteiger partial charge is 0.303 e. The molecule has 0 aromatic rings. The molecule has 0 aliphatic rings. The van der Waals surface area contributed by atoms with Gasteiger partial charge in [-0.2, -0.15) is 0 Å². The van der Waals surface area contributed by atoms with Crippen molar-refractivity contribution in [1.82, 2.24) is 0 Å². The summed E-state index contributed by atoms with van der Waals surface area (Å²) in [6.07, 6.45) is 24.7. The maximum absolute atomic E-state index is 12.5. The van der Waals surface area contributed by atoms with E-state index in [4.69, 9.17) is 5.11 Å². The molecule has 0 saturated heterocycles. The van der Waals surface area contributed by atoms with Crippen LogP contribution in [0.1, 0.15) is 201 Å². The number of carboxylic acids is 1. The number of hydrogen-bond donors (Lipinski definition) is 1. The lowest BCUT2D eigenvalue weighted by atomic mass is 9.99. The molecule has 0 heterocycles. The molecule has 4 atom stereocenters. The first kappa shape index (κ1) is 45.3. The molecule has 0 aliphatic carbocycles. The van der Waals surface area contributed by atoms with Crippen molar-refractivity contribution in [2.24, 2.45) is 0 Å². The van der Waals surface area contributed by atoms with Crippen LogP contribution < -0.4 is 0 Å². The Morgan fingerprint density at radius 3 is 1.19 bits per heavy atom. The molecule has 0 rings (SSSR count).